The van der Waals surface area contributed by atoms with Crippen LogP contribution in [0.5, 0.6) is 0 Å². The van der Waals surface area contributed by atoms with E-state index in [0.717, 1.165) is 10.7 Å². The van der Waals surface area contributed by atoms with Crippen LogP contribution in [-0.4, -0.2) is 66.6 Å². The van der Waals surface area contributed by atoms with E-state index in [1.54, 1.807) is 18.4 Å². The zero-order valence-electron chi connectivity index (χ0n) is 16.8. The first-order valence-electron chi connectivity index (χ1n) is 10.1. The molecule has 1 aromatic heterocycles. The van der Waals surface area contributed by atoms with Gasteiger partial charge in [-0.3, -0.25) is 24.3 Å². The molecule has 3 heterocycles. The third kappa shape index (κ3) is 4.91. The van der Waals surface area contributed by atoms with Gasteiger partial charge in [-0.1, -0.05) is 12.1 Å². The average molecular weight is 436 g/mol. The fraction of sp³-hybridized carbons (Fsp3) is 0.429. The van der Waals surface area contributed by atoms with E-state index in [4.69, 9.17) is 4.42 Å². The van der Waals surface area contributed by atoms with Crippen molar-refractivity contribution in [2.24, 2.45) is 0 Å². The predicted octanol–water partition coefficient (Wildman–Crippen LogP) is 2.70. The van der Waals surface area contributed by atoms with Crippen molar-refractivity contribution in [3.63, 3.8) is 0 Å². The quantitative estimate of drug-likeness (QED) is 0.798. The monoisotopic (exact) mass is 436 g/mol. The molecule has 0 radical (unpaired) electrons. The second-order valence-corrected chi connectivity index (χ2v) is 7.72. The number of amides is 2. The third-order valence-corrected chi connectivity index (χ3v) is 5.56. The minimum atomic E-state index is -4.73. The minimum absolute atomic E-state index is 0.0668. The number of para-hydroxylation sites is 2. The van der Waals surface area contributed by atoms with E-state index in [0.29, 0.717) is 32.7 Å². The summed E-state index contributed by atoms with van der Waals surface area (Å²) in [5, 5.41) is 2.48. The molecule has 31 heavy (non-hydrogen) atoms. The number of piperazine rings is 1. The highest BCUT2D eigenvalue weighted by Gasteiger charge is 2.49. The van der Waals surface area contributed by atoms with Gasteiger partial charge in [-0.05, 0) is 24.3 Å². The molecule has 0 saturated carbocycles. The van der Waals surface area contributed by atoms with E-state index in [2.05, 4.69) is 10.2 Å². The molecule has 0 aliphatic carbocycles. The van der Waals surface area contributed by atoms with Gasteiger partial charge in [0.1, 0.15) is 11.8 Å². The van der Waals surface area contributed by atoms with E-state index in [1.807, 2.05) is 17.0 Å². The lowest BCUT2D eigenvalue weighted by Crippen LogP contribution is -2.54. The second kappa shape index (κ2) is 8.72. The maximum atomic E-state index is 13.8. The lowest BCUT2D eigenvalue weighted by atomic mass is 10.1. The van der Waals surface area contributed by atoms with E-state index in [9.17, 15) is 22.8 Å². The number of alkyl halides is 3. The van der Waals surface area contributed by atoms with Crippen molar-refractivity contribution in [2.75, 3.05) is 42.9 Å². The van der Waals surface area contributed by atoms with Gasteiger partial charge in [-0.25, -0.2) is 0 Å². The third-order valence-electron chi connectivity index (χ3n) is 5.56. The van der Waals surface area contributed by atoms with E-state index >= 15 is 0 Å². The summed E-state index contributed by atoms with van der Waals surface area (Å²) in [7, 11) is 0. The number of halogens is 3. The van der Waals surface area contributed by atoms with Crippen LogP contribution in [0.2, 0.25) is 0 Å². The minimum Gasteiger partial charge on any atom is -0.468 e. The molecule has 0 bridgehead atoms. The van der Waals surface area contributed by atoms with Gasteiger partial charge in [0.25, 0.3) is 0 Å². The Bertz CT molecular complexity index is 924. The fourth-order valence-electron chi connectivity index (χ4n) is 3.99. The van der Waals surface area contributed by atoms with Gasteiger partial charge >= 0.3 is 6.18 Å². The summed E-state index contributed by atoms with van der Waals surface area (Å²) in [4.78, 5) is 29.9. The highest BCUT2D eigenvalue weighted by Crippen LogP contribution is 2.37. The molecule has 1 unspecified atom stereocenters. The van der Waals surface area contributed by atoms with Crippen LogP contribution in [0.15, 0.2) is 47.1 Å². The summed E-state index contributed by atoms with van der Waals surface area (Å²) < 4.78 is 46.8. The number of rotatable bonds is 4. The molecule has 10 heteroatoms. The highest BCUT2D eigenvalue weighted by atomic mass is 19.4. The second-order valence-electron chi connectivity index (χ2n) is 7.72. The first-order chi connectivity index (χ1) is 14.8. The molecule has 2 aliphatic heterocycles. The average Bonchev–Trinajstić information content (AvgIpc) is 3.16. The fourth-order valence-corrected chi connectivity index (χ4v) is 3.99. The number of nitrogens with one attached hydrogen (secondary N) is 1. The van der Waals surface area contributed by atoms with Gasteiger partial charge in [0, 0.05) is 26.2 Å². The van der Waals surface area contributed by atoms with Crippen LogP contribution in [0, 0.1) is 0 Å². The predicted molar refractivity (Wildman–Crippen MR) is 107 cm³/mol. The smallest absolute Gasteiger partial charge is 0.409 e. The van der Waals surface area contributed by atoms with E-state index in [-0.39, 0.29) is 17.9 Å². The Kier molecular flexibility index (Phi) is 6.01. The number of hydrogen-bond donors (Lipinski definition) is 1. The molecule has 1 saturated heterocycles. The maximum absolute atomic E-state index is 13.8. The normalized spacial score (nSPS) is 20.8. The molecule has 4 rings (SSSR count). The molecule has 0 spiro atoms. The Morgan fingerprint density at radius 1 is 1.06 bits per heavy atom. The van der Waals surface area contributed by atoms with Crippen molar-refractivity contribution in [1.82, 2.24) is 9.80 Å². The topological polar surface area (TPSA) is 69.0 Å². The van der Waals surface area contributed by atoms with Gasteiger partial charge in [0.05, 0.1) is 37.1 Å². The van der Waals surface area contributed by atoms with Crippen molar-refractivity contribution in [1.29, 1.82) is 0 Å². The van der Waals surface area contributed by atoms with Crippen LogP contribution in [-0.2, 0) is 16.1 Å². The van der Waals surface area contributed by atoms with Crippen molar-refractivity contribution in [3.05, 3.63) is 48.4 Å². The van der Waals surface area contributed by atoms with Crippen LogP contribution >= 0.6 is 0 Å². The number of benzene rings is 1. The van der Waals surface area contributed by atoms with Crippen molar-refractivity contribution < 1.29 is 27.2 Å². The van der Waals surface area contributed by atoms with E-state index < -0.39 is 30.5 Å². The van der Waals surface area contributed by atoms with Crippen LogP contribution in [0.25, 0.3) is 0 Å². The molecule has 1 atom stereocenters. The first-order valence-corrected chi connectivity index (χ1v) is 10.1. The van der Waals surface area contributed by atoms with Crippen molar-refractivity contribution in [3.8, 4) is 0 Å². The summed E-state index contributed by atoms with van der Waals surface area (Å²) in [6.45, 7) is 2.95. The summed E-state index contributed by atoms with van der Waals surface area (Å²) in [6.07, 6.45) is -3.95. The molecular weight excluding hydrogens is 413 g/mol. The lowest BCUT2D eigenvalue weighted by molar-refractivity contribution is -0.158. The van der Waals surface area contributed by atoms with Gasteiger partial charge in [-0.2, -0.15) is 13.2 Å². The van der Waals surface area contributed by atoms with Crippen molar-refractivity contribution in [2.45, 2.75) is 25.2 Å². The largest absolute Gasteiger partial charge is 0.468 e. The summed E-state index contributed by atoms with van der Waals surface area (Å²) in [6, 6.07) is 7.59. The van der Waals surface area contributed by atoms with E-state index in [1.165, 1.54) is 12.1 Å². The SMILES string of the molecule is O=C1CC(C(F)(F)F)N(C(=O)CN2CCN(Cc3ccco3)CC2)c2ccccc2N1. The standard InChI is InChI=1S/C21H23F3N4O3/c22-21(23,24)18-12-19(29)25-16-5-1-2-6-17(16)28(18)20(30)14-27-9-7-26(8-10-27)13-15-4-3-11-31-15/h1-6,11,18H,7-10,12-14H2,(H,25,29). The molecule has 7 nitrogen and oxygen atoms in total. The molecule has 2 amide bonds. The molecule has 2 aromatic rings. The zero-order chi connectivity index (χ0) is 22.0. The summed E-state index contributed by atoms with van der Waals surface area (Å²) in [5.74, 6) is -0.599. The Labute approximate surface area is 177 Å². The summed E-state index contributed by atoms with van der Waals surface area (Å²) in [5.41, 5.74) is 0.271. The number of anilines is 2. The van der Waals surface area contributed by atoms with Gasteiger partial charge < -0.3 is 9.73 Å². The Morgan fingerprint density at radius 2 is 1.77 bits per heavy atom. The zero-order valence-corrected chi connectivity index (χ0v) is 16.8. The van der Waals surface area contributed by atoms with Crippen LogP contribution < -0.4 is 10.2 Å². The molecule has 1 N–H and O–H groups in total. The van der Waals surface area contributed by atoms with Crippen LogP contribution in [0.3, 0.4) is 0 Å². The molecule has 166 valence electrons. The van der Waals surface area contributed by atoms with Crippen molar-refractivity contribution >= 4 is 23.2 Å². The molecular formula is C21H23F3N4O3. The van der Waals surface area contributed by atoms with Gasteiger partial charge in [0.15, 0.2) is 0 Å². The number of carbonyl (C=O) groups is 2. The van der Waals surface area contributed by atoms with Crippen LogP contribution in [0.1, 0.15) is 12.2 Å². The summed E-state index contributed by atoms with van der Waals surface area (Å²) >= 11 is 0. The number of hydrogen-bond acceptors (Lipinski definition) is 5. The number of carbonyl (C=O) groups excluding carboxylic acids is 2. The number of fused-ring (bicyclic) bond motifs is 1. The van der Waals surface area contributed by atoms with Gasteiger partial charge in [0.2, 0.25) is 11.8 Å². The Balaban J connectivity index is 1.47. The molecule has 1 aromatic carbocycles. The number of nitrogens with zero attached hydrogens (tertiary/aromatic N) is 3. The molecule has 2 aliphatic rings. The maximum Gasteiger partial charge on any atom is 0.409 e. The highest BCUT2D eigenvalue weighted by molar-refractivity contribution is 6.05. The molecule has 1 fully saturated rings. The Hall–Kier alpha value is -2.85. The van der Waals surface area contributed by atoms with Gasteiger partial charge in [-0.15, -0.1) is 0 Å². The van der Waals surface area contributed by atoms with Crippen LogP contribution in [0.4, 0.5) is 24.5 Å². The lowest BCUT2D eigenvalue weighted by Gasteiger charge is -2.37. The number of furan rings is 1. The Morgan fingerprint density at radius 3 is 2.45 bits per heavy atom. The first kappa shape index (κ1) is 21.4.